The number of nitrogens with two attached hydrogens (primary N) is 1. The molecule has 716 valence electrons. The summed E-state index contributed by atoms with van der Waals surface area (Å²) in [5.41, 5.74) is 21.9. The molecule has 0 unspecified atom stereocenters. The van der Waals surface area contributed by atoms with Crippen LogP contribution in [-0.4, -0.2) is 76.3 Å². The van der Waals surface area contributed by atoms with Crippen LogP contribution in [-0.2, 0) is 106 Å². The van der Waals surface area contributed by atoms with Crippen molar-refractivity contribution < 1.29 is 40.2 Å². The maximum absolute atomic E-state index is 11.3. The summed E-state index contributed by atoms with van der Waals surface area (Å²) in [6.07, 6.45) is 0.703. The molecule has 128 heavy (non-hydrogen) atoms. The Morgan fingerprint density at radius 2 is 0.477 bits per heavy atom. The summed E-state index contributed by atoms with van der Waals surface area (Å²) >= 11 is 27.8. The summed E-state index contributed by atoms with van der Waals surface area (Å²) in [4.78, 5) is 45.7. The Morgan fingerprint density at radius 1 is 0.320 bits per heavy atom. The second-order valence-corrected chi connectivity index (χ2v) is 47.1. The lowest BCUT2D eigenvalue weighted by molar-refractivity contribution is -0.131. The molecule has 9 rings (SSSR count). The van der Waals surface area contributed by atoms with E-state index < -0.39 is 0 Å². The van der Waals surface area contributed by atoms with Gasteiger partial charge in [0.2, 0.25) is 45.5 Å². The zero-order valence-electron chi connectivity index (χ0n) is 82.9. The quantitative estimate of drug-likeness (QED) is 0.0325. The van der Waals surface area contributed by atoms with Gasteiger partial charge in [0.15, 0.2) is 0 Å². The van der Waals surface area contributed by atoms with Crippen LogP contribution >= 0.6 is 95.1 Å². The van der Waals surface area contributed by atoms with Crippen LogP contribution in [0.3, 0.4) is 0 Å². The van der Waals surface area contributed by atoms with Gasteiger partial charge in [-0.1, -0.05) is 315 Å². The van der Waals surface area contributed by atoms with E-state index >= 15 is 0 Å². The highest BCUT2D eigenvalue weighted by molar-refractivity contribution is 9.93. The first-order chi connectivity index (χ1) is 56.8. The number of carbonyl (C=O) groups excluding carboxylic acids is 2. The molecule has 1 aliphatic rings. The summed E-state index contributed by atoms with van der Waals surface area (Å²) < 4.78 is 0.979. The summed E-state index contributed by atoms with van der Waals surface area (Å²) in [5, 5.41) is 76.5. The van der Waals surface area contributed by atoms with Crippen LogP contribution in [0.1, 0.15) is 370 Å². The van der Waals surface area contributed by atoms with Gasteiger partial charge in [-0.15, -0.1) is 0 Å². The van der Waals surface area contributed by atoms with Crippen molar-refractivity contribution in [3.05, 3.63) is 189 Å². The number of halogens is 7. The molecule has 2 aromatic heterocycles. The van der Waals surface area contributed by atoms with Crippen molar-refractivity contribution in [3.8, 4) is 34.5 Å². The first kappa shape index (κ1) is 119. The van der Waals surface area contributed by atoms with Crippen molar-refractivity contribution in [2.45, 2.75) is 373 Å². The highest BCUT2D eigenvalue weighted by Gasteiger charge is 2.34. The third-order valence-electron chi connectivity index (χ3n) is 20.7. The second kappa shape index (κ2) is 46.4. The molecule has 0 saturated carbocycles. The number of amides is 2. The molecular formula is C101H155Br4Cl3N12O8. The molecule has 2 amide bonds. The lowest BCUT2D eigenvalue weighted by Gasteiger charge is -2.28. The number of nitrogens with one attached hydrogen (secondary N) is 3. The highest BCUT2D eigenvalue weighted by Crippen LogP contribution is 2.47. The zero-order valence-corrected chi connectivity index (χ0v) is 91.6. The normalized spacial score (nSPS) is 12.9. The van der Waals surface area contributed by atoms with Gasteiger partial charge >= 0.3 is 0 Å². The molecule has 0 spiro atoms. The maximum atomic E-state index is 11.3. The van der Waals surface area contributed by atoms with Crippen LogP contribution in [0.15, 0.2) is 72.8 Å². The van der Waals surface area contributed by atoms with Gasteiger partial charge < -0.3 is 58.5 Å². The first-order valence-corrected chi connectivity index (χ1v) is 49.3. The number of phenolic OH excluding ortho intramolecular Hbond substituents is 6. The number of aromatic nitrogens is 6. The molecule has 0 atom stereocenters. The van der Waals surface area contributed by atoms with Crippen molar-refractivity contribution in [2.24, 2.45) is 5.73 Å². The van der Waals surface area contributed by atoms with Crippen molar-refractivity contribution in [1.82, 2.24) is 40.0 Å². The third kappa shape index (κ3) is 35.4. The fraction of sp³-hybridized carbons (Fsp3) is 0.564. The fourth-order valence-corrected chi connectivity index (χ4v) is 14.9. The average molecular weight is 2090 g/mol. The molecule has 1 aliphatic heterocycles. The molecule has 27 heteroatoms. The van der Waals surface area contributed by atoms with Crippen LogP contribution < -0.4 is 27.8 Å². The number of phenols is 6. The Balaban J connectivity index is 0.000000924. The number of carbonyl (C=O) groups is 2. The van der Waals surface area contributed by atoms with E-state index in [1.807, 2.05) is 12.1 Å². The SMILES string of the molecule is BrBr.C.CC(C)(C)c1cc(CBr)cc(C(C)(C)C)c1O.CC(C)(C)c1cc(CN)cc(C(C)(C)C)c1O.CC(C)(C)c1cc(CNc2nc(NCc3cc(C(C)(C)C)c(O)c(C(C)(C)C)c3)nc(NCc3cc(C(C)(C)C)c(O)c(C(C)(C)C)c3)n2)cc(C(C)(C)C)c1O.Cc1cc(C(C)(C)C)c(O)c(C(C)(C)C)c1.Clc1nc(Cl)nc(Cl)n1.N.O=C1CCC(=O)N1Br. The van der Waals surface area contributed by atoms with Gasteiger partial charge in [-0.3, -0.25) is 9.59 Å². The van der Waals surface area contributed by atoms with Crippen molar-refractivity contribution in [2.75, 3.05) is 16.0 Å². The predicted octanol–water partition coefficient (Wildman–Crippen LogP) is 29.0. The lowest BCUT2D eigenvalue weighted by atomic mass is 9.78. The van der Waals surface area contributed by atoms with Crippen LogP contribution in [0.4, 0.5) is 17.8 Å². The molecule has 1 saturated heterocycles. The molecule has 0 bridgehead atoms. The summed E-state index contributed by atoms with van der Waals surface area (Å²) in [5.74, 6) is 3.26. The number of hydrogen-bond donors (Lipinski definition) is 11. The molecule has 20 nitrogen and oxygen atoms in total. The smallest absolute Gasteiger partial charge is 0.239 e. The van der Waals surface area contributed by atoms with Crippen LogP contribution in [0.25, 0.3) is 0 Å². The largest absolute Gasteiger partial charge is 0.507 e. The molecule has 0 aliphatic carbocycles. The van der Waals surface area contributed by atoms with E-state index in [1.165, 1.54) is 11.1 Å². The molecule has 6 aromatic carbocycles. The van der Waals surface area contributed by atoms with E-state index in [9.17, 15) is 40.2 Å². The monoisotopic (exact) mass is 2080 g/mol. The number of alkyl halides is 1. The number of anilines is 3. The van der Waals surface area contributed by atoms with Crippen LogP contribution in [0, 0.1) is 6.92 Å². The van der Waals surface area contributed by atoms with E-state index in [0.29, 0.717) is 91.4 Å². The van der Waals surface area contributed by atoms with Gasteiger partial charge in [0, 0.05) is 72.6 Å². The first-order valence-electron chi connectivity index (χ1n) is 42.6. The van der Waals surface area contributed by atoms with Crippen molar-refractivity contribution in [1.29, 1.82) is 0 Å². The summed E-state index contributed by atoms with van der Waals surface area (Å²) in [6, 6.07) is 24.8. The van der Waals surface area contributed by atoms with Gasteiger partial charge in [0.25, 0.3) is 0 Å². The zero-order chi connectivity index (χ0) is 97.9. The number of nitrogens with zero attached hydrogens (tertiary/aromatic N) is 7. The van der Waals surface area contributed by atoms with Crippen molar-refractivity contribution >= 4 is 125 Å². The van der Waals surface area contributed by atoms with E-state index in [-0.39, 0.29) is 106 Å². The van der Waals surface area contributed by atoms with E-state index in [2.05, 4.69) is 408 Å². The Labute approximate surface area is 816 Å². The van der Waals surface area contributed by atoms with Gasteiger partial charge in [-0.05, 0) is 238 Å². The molecule has 8 aromatic rings. The Hall–Kier alpha value is -6.61. The minimum atomic E-state index is -0.261. The number of rotatable bonds is 11. The van der Waals surface area contributed by atoms with Gasteiger partial charge in [-0.25, -0.2) is 3.93 Å². The lowest BCUT2D eigenvalue weighted by Crippen LogP contribution is -2.19. The minimum Gasteiger partial charge on any atom is -0.507 e. The topological polar surface area (TPSA) is 333 Å². The number of hydrogen-bond acceptors (Lipinski definition) is 19. The standard InChI is InChI=1S/C48H72N6O3.C15H23BrO.C15H25NO.C15H24O.C4H4BrNO2.C3Cl3N3.CH4.Br2.H3N/c1-43(2,3)31-19-28(20-32(37(31)55)44(4,5)6)25-49-40-52-41(50-26-29-21-33(45(7,8)9)38(56)34(22-29)46(10,11)12)54-42(53-40)51-27-30-23-35(47(13,14)15)39(57)36(24-30)48(16,17)18;2*1-14(2,3)11-7-10(9-16)8-12(13(11)17)15(4,5)6;1-10-8-11(14(2,3)4)13(16)12(9-10)15(5,6)7;5-6-3(7)1-2-4(6)8;4-1-7-2(5)9-3(6)8-1;;1-2;/h19-24,55-57H,25-27H2,1-18H3,(H3,49,50,51,52,53,54);7-8,17H,9H2,1-6H3;7-8,17H,9,16H2,1-6H3;8-9,16H,1-7H3;1-2H2;;1H4;;1H3. The summed E-state index contributed by atoms with van der Waals surface area (Å²) in [7, 11) is 0. The molecule has 0 radical (unpaired) electrons. The number of imide groups is 1. The fourth-order valence-electron chi connectivity index (χ4n) is 13.6. The highest BCUT2D eigenvalue weighted by atomic mass is 80.9. The molecule has 14 N–H and O–H groups in total. The Bertz CT molecular complexity index is 4450. The second-order valence-electron chi connectivity index (χ2n) is 44.8. The Kier molecular flexibility index (Phi) is 43.2. The third-order valence-corrected chi connectivity index (χ3v) is 22.7. The van der Waals surface area contributed by atoms with E-state index in [1.54, 1.807) is 0 Å². The van der Waals surface area contributed by atoms with Gasteiger partial charge in [0.05, 0.1) is 16.1 Å². The van der Waals surface area contributed by atoms with Crippen LogP contribution in [0.5, 0.6) is 34.5 Å². The average Bonchev–Trinajstić information content (AvgIpc) is 0.956. The van der Waals surface area contributed by atoms with Crippen LogP contribution in [0.2, 0.25) is 15.9 Å². The van der Waals surface area contributed by atoms with Crippen molar-refractivity contribution in [3.63, 3.8) is 0 Å². The minimum absolute atomic E-state index is 0. The van der Waals surface area contributed by atoms with E-state index in [4.69, 9.17) is 55.5 Å². The van der Waals surface area contributed by atoms with E-state index in [0.717, 1.165) is 98.3 Å². The number of aryl methyl sites for hydroxylation is 1. The molecule has 1 fully saturated rings. The number of aromatic hydroxyl groups is 6. The van der Waals surface area contributed by atoms with Gasteiger partial charge in [0.1, 0.15) is 34.5 Å². The molecule has 3 heterocycles. The predicted molar refractivity (Wildman–Crippen MR) is 555 cm³/mol. The summed E-state index contributed by atoms with van der Waals surface area (Å²) in [6.45, 7) is 80.1. The maximum Gasteiger partial charge on any atom is 0.239 e. The Morgan fingerprint density at radius 3 is 0.617 bits per heavy atom. The molecular weight excluding hydrogens is 1940 g/mol. The van der Waals surface area contributed by atoms with Gasteiger partial charge in [-0.2, -0.15) is 29.9 Å². The number of benzene rings is 6.